The number of rotatable bonds is 4. The second kappa shape index (κ2) is 5.72. The van der Waals surface area contributed by atoms with Gasteiger partial charge in [0.05, 0.1) is 5.41 Å². The lowest BCUT2D eigenvalue weighted by Gasteiger charge is -2.55. The van der Waals surface area contributed by atoms with Gasteiger partial charge in [-0.05, 0) is 70.1 Å². The number of carbonyl (C=O) groups is 2. The highest BCUT2D eigenvalue weighted by Crippen LogP contribution is 2.60. The quantitative estimate of drug-likeness (QED) is 0.611. The molecule has 0 saturated heterocycles. The zero-order valence-electron chi connectivity index (χ0n) is 14.6. The third kappa shape index (κ3) is 2.68. The van der Waals surface area contributed by atoms with Crippen molar-refractivity contribution in [2.45, 2.75) is 58.5 Å². The fourth-order valence-corrected chi connectivity index (χ4v) is 5.65. The number of aryl methyl sites for hydroxylation is 1. The summed E-state index contributed by atoms with van der Waals surface area (Å²) >= 11 is 0. The SMILES string of the molecule is Cc1ccc(C(=O)C(C)OC(=O)C23CC4CC(CC(C4)C2)C3)cc1. The molecule has 0 heterocycles. The first kappa shape index (κ1) is 15.9. The maximum absolute atomic E-state index is 12.9. The van der Waals surface area contributed by atoms with E-state index in [0.717, 1.165) is 24.8 Å². The number of hydrogen-bond donors (Lipinski definition) is 0. The summed E-state index contributed by atoms with van der Waals surface area (Å²) in [6, 6.07) is 7.46. The van der Waals surface area contributed by atoms with Gasteiger partial charge in [-0.15, -0.1) is 0 Å². The molecule has 1 atom stereocenters. The lowest BCUT2D eigenvalue weighted by atomic mass is 9.49. The predicted molar refractivity (Wildman–Crippen MR) is 91.7 cm³/mol. The molecule has 4 fully saturated rings. The van der Waals surface area contributed by atoms with Gasteiger partial charge in [-0.1, -0.05) is 29.8 Å². The fraction of sp³-hybridized carbons (Fsp3) is 0.619. The standard InChI is InChI=1S/C21H26O3/c1-13-3-5-18(6-4-13)19(22)14(2)24-20(23)21-10-15-7-16(11-21)9-17(8-15)12-21/h3-6,14-17H,7-12H2,1-2H3. The molecular formula is C21H26O3. The van der Waals surface area contributed by atoms with Crippen LogP contribution in [-0.4, -0.2) is 17.9 Å². The molecule has 4 bridgehead atoms. The number of hydrogen-bond acceptors (Lipinski definition) is 3. The van der Waals surface area contributed by atoms with Gasteiger partial charge in [-0.2, -0.15) is 0 Å². The van der Waals surface area contributed by atoms with E-state index in [1.54, 1.807) is 6.92 Å². The minimum atomic E-state index is -0.701. The molecule has 4 aliphatic rings. The fourth-order valence-electron chi connectivity index (χ4n) is 5.65. The van der Waals surface area contributed by atoms with Gasteiger partial charge in [0.15, 0.2) is 6.10 Å². The number of benzene rings is 1. The molecule has 4 saturated carbocycles. The second-order valence-corrected chi connectivity index (χ2v) is 8.48. The van der Waals surface area contributed by atoms with E-state index in [1.807, 2.05) is 31.2 Å². The normalized spacial score (nSPS) is 34.8. The van der Waals surface area contributed by atoms with Gasteiger partial charge in [0, 0.05) is 5.56 Å². The monoisotopic (exact) mass is 326 g/mol. The molecule has 128 valence electrons. The Kier molecular flexibility index (Phi) is 3.78. The van der Waals surface area contributed by atoms with E-state index >= 15 is 0 Å². The van der Waals surface area contributed by atoms with Crippen LogP contribution in [0.4, 0.5) is 0 Å². The second-order valence-electron chi connectivity index (χ2n) is 8.48. The Bertz CT molecular complexity index is 623. The van der Waals surface area contributed by atoms with Crippen molar-refractivity contribution >= 4 is 11.8 Å². The van der Waals surface area contributed by atoms with Crippen LogP contribution in [0.2, 0.25) is 0 Å². The van der Waals surface area contributed by atoms with E-state index in [4.69, 9.17) is 4.74 Å². The highest BCUT2D eigenvalue weighted by atomic mass is 16.5. The highest BCUT2D eigenvalue weighted by Gasteiger charge is 2.55. The van der Waals surface area contributed by atoms with E-state index in [2.05, 4.69) is 0 Å². The average Bonchev–Trinajstić information content (AvgIpc) is 2.53. The van der Waals surface area contributed by atoms with Crippen LogP contribution in [0.15, 0.2) is 24.3 Å². The van der Waals surface area contributed by atoms with Gasteiger partial charge < -0.3 is 4.74 Å². The van der Waals surface area contributed by atoms with Crippen LogP contribution >= 0.6 is 0 Å². The van der Waals surface area contributed by atoms with Gasteiger partial charge in [-0.3, -0.25) is 9.59 Å². The highest BCUT2D eigenvalue weighted by molar-refractivity contribution is 6.00. The van der Waals surface area contributed by atoms with Crippen LogP contribution in [0.5, 0.6) is 0 Å². The summed E-state index contributed by atoms with van der Waals surface area (Å²) in [4.78, 5) is 25.5. The number of carbonyl (C=O) groups excluding carboxylic acids is 2. The molecule has 3 nitrogen and oxygen atoms in total. The lowest BCUT2D eigenvalue weighted by molar-refractivity contribution is -0.174. The van der Waals surface area contributed by atoms with Crippen molar-refractivity contribution < 1.29 is 14.3 Å². The van der Waals surface area contributed by atoms with Gasteiger partial charge >= 0.3 is 5.97 Å². The van der Waals surface area contributed by atoms with E-state index < -0.39 is 6.10 Å². The van der Waals surface area contributed by atoms with Gasteiger partial charge in [-0.25, -0.2) is 0 Å². The topological polar surface area (TPSA) is 43.4 Å². The molecule has 5 rings (SSSR count). The minimum absolute atomic E-state index is 0.104. The van der Waals surface area contributed by atoms with Crippen molar-refractivity contribution in [2.24, 2.45) is 23.2 Å². The smallest absolute Gasteiger partial charge is 0.312 e. The summed E-state index contributed by atoms with van der Waals surface area (Å²) in [5.74, 6) is 1.88. The van der Waals surface area contributed by atoms with Crippen molar-refractivity contribution in [2.75, 3.05) is 0 Å². The van der Waals surface area contributed by atoms with Crippen LogP contribution < -0.4 is 0 Å². The number of Topliss-reactive ketones (excluding diaryl/α,β-unsaturated/α-hetero) is 1. The number of ketones is 1. The molecule has 3 heteroatoms. The van der Waals surface area contributed by atoms with Crippen LogP contribution in [0.25, 0.3) is 0 Å². The summed E-state index contributed by atoms with van der Waals surface area (Å²) in [6.45, 7) is 3.70. The van der Waals surface area contributed by atoms with Gasteiger partial charge in [0.2, 0.25) is 5.78 Å². The molecule has 0 amide bonds. The van der Waals surface area contributed by atoms with Crippen molar-refractivity contribution in [3.63, 3.8) is 0 Å². The zero-order chi connectivity index (χ0) is 16.9. The van der Waals surface area contributed by atoms with Crippen molar-refractivity contribution in [3.05, 3.63) is 35.4 Å². The summed E-state index contributed by atoms with van der Waals surface area (Å²) in [5.41, 5.74) is 1.44. The van der Waals surface area contributed by atoms with Crippen LogP contribution in [0.3, 0.4) is 0 Å². The van der Waals surface area contributed by atoms with Gasteiger partial charge in [0.25, 0.3) is 0 Å². The largest absolute Gasteiger partial charge is 0.454 e. The molecule has 0 radical (unpaired) electrons. The van der Waals surface area contributed by atoms with Crippen LogP contribution in [0, 0.1) is 30.1 Å². The first-order valence-electron chi connectivity index (χ1n) is 9.27. The Balaban J connectivity index is 1.46. The summed E-state index contributed by atoms with van der Waals surface area (Å²) in [7, 11) is 0. The maximum Gasteiger partial charge on any atom is 0.312 e. The minimum Gasteiger partial charge on any atom is -0.454 e. The van der Waals surface area contributed by atoms with Crippen molar-refractivity contribution in [3.8, 4) is 0 Å². The Morgan fingerprint density at radius 2 is 1.50 bits per heavy atom. The molecule has 0 spiro atoms. The summed E-state index contributed by atoms with van der Waals surface area (Å²) in [6.07, 6.45) is 6.11. The Labute approximate surface area is 143 Å². The van der Waals surface area contributed by atoms with E-state index in [1.165, 1.54) is 19.3 Å². The molecule has 24 heavy (non-hydrogen) atoms. The lowest BCUT2D eigenvalue weighted by Crippen LogP contribution is -2.51. The first-order chi connectivity index (χ1) is 11.4. The Hall–Kier alpha value is -1.64. The van der Waals surface area contributed by atoms with Crippen molar-refractivity contribution in [1.29, 1.82) is 0 Å². The van der Waals surface area contributed by atoms with Crippen LogP contribution in [0.1, 0.15) is 61.4 Å². The first-order valence-corrected chi connectivity index (χ1v) is 9.27. The molecular weight excluding hydrogens is 300 g/mol. The predicted octanol–water partition coefficient (Wildman–Crippen LogP) is 4.33. The van der Waals surface area contributed by atoms with Gasteiger partial charge in [0.1, 0.15) is 0 Å². The zero-order valence-corrected chi connectivity index (χ0v) is 14.6. The molecule has 0 aromatic heterocycles. The van der Waals surface area contributed by atoms with Crippen LogP contribution in [-0.2, 0) is 9.53 Å². The number of esters is 1. The molecule has 1 aromatic rings. The maximum atomic E-state index is 12.9. The molecule has 0 aliphatic heterocycles. The van der Waals surface area contributed by atoms with Crippen molar-refractivity contribution in [1.82, 2.24) is 0 Å². The average molecular weight is 326 g/mol. The summed E-state index contributed by atoms with van der Waals surface area (Å²) in [5, 5.41) is 0. The molecule has 1 unspecified atom stereocenters. The third-order valence-electron chi connectivity index (χ3n) is 6.46. The summed E-state index contributed by atoms with van der Waals surface area (Å²) < 4.78 is 5.69. The van der Waals surface area contributed by atoms with E-state index in [9.17, 15) is 9.59 Å². The molecule has 4 aliphatic carbocycles. The van der Waals surface area contributed by atoms with E-state index in [-0.39, 0.29) is 17.2 Å². The number of ether oxygens (including phenoxy) is 1. The van der Waals surface area contributed by atoms with E-state index in [0.29, 0.717) is 23.3 Å². The molecule has 0 N–H and O–H groups in total. The Morgan fingerprint density at radius 1 is 1.00 bits per heavy atom. The third-order valence-corrected chi connectivity index (χ3v) is 6.46. The molecule has 1 aromatic carbocycles. The Morgan fingerprint density at radius 3 is 2.00 bits per heavy atom.